The first-order valence-electron chi connectivity index (χ1n) is 10.9. The minimum atomic E-state index is -0.142. The van der Waals surface area contributed by atoms with Gasteiger partial charge in [0.2, 0.25) is 5.91 Å². The van der Waals surface area contributed by atoms with Crippen LogP contribution in [0, 0.1) is 25.7 Å². The molecule has 2 heterocycles. The molecule has 1 aromatic carbocycles. The molecule has 5 nitrogen and oxygen atoms in total. The zero-order valence-electron chi connectivity index (χ0n) is 18.9. The molecule has 1 fully saturated rings. The van der Waals surface area contributed by atoms with Gasteiger partial charge in [-0.3, -0.25) is 4.79 Å². The Bertz CT molecular complexity index is 940. The summed E-state index contributed by atoms with van der Waals surface area (Å²) < 4.78 is 5.22. The lowest BCUT2D eigenvalue weighted by atomic mass is 9.89. The smallest absolute Gasteiger partial charge is 0.233 e. The number of benzene rings is 1. The van der Waals surface area contributed by atoms with Crippen molar-refractivity contribution >= 4 is 17.7 Å². The second kappa shape index (κ2) is 10.9. The largest absolute Gasteiger partial charge is 0.384 e. The van der Waals surface area contributed by atoms with Crippen LogP contribution >= 0.6 is 11.8 Å². The van der Waals surface area contributed by atoms with Crippen molar-refractivity contribution in [2.24, 2.45) is 0 Å². The maximum absolute atomic E-state index is 13.1. The van der Waals surface area contributed by atoms with Crippen LogP contribution in [-0.2, 0) is 10.5 Å². The molecule has 1 aromatic heterocycles. The van der Waals surface area contributed by atoms with E-state index in [1.165, 1.54) is 5.56 Å². The Morgan fingerprint density at radius 1 is 1.35 bits per heavy atom. The van der Waals surface area contributed by atoms with E-state index < -0.39 is 0 Å². The Balaban J connectivity index is 1.63. The van der Waals surface area contributed by atoms with E-state index >= 15 is 0 Å². The minimum absolute atomic E-state index is 0.142. The summed E-state index contributed by atoms with van der Waals surface area (Å²) in [6.45, 7) is 8.08. The maximum Gasteiger partial charge on any atom is 0.233 e. The Labute approximate surface area is 189 Å². The highest BCUT2D eigenvalue weighted by atomic mass is 32.2. The van der Waals surface area contributed by atoms with Gasteiger partial charge in [-0.2, -0.15) is 0 Å². The van der Waals surface area contributed by atoms with Gasteiger partial charge in [-0.25, -0.2) is 0 Å². The number of carbonyl (C=O) groups is 1. The van der Waals surface area contributed by atoms with Gasteiger partial charge >= 0.3 is 0 Å². The van der Waals surface area contributed by atoms with Crippen LogP contribution in [0.25, 0.3) is 0 Å². The fourth-order valence-corrected chi connectivity index (χ4v) is 5.53. The highest BCUT2D eigenvalue weighted by Crippen LogP contribution is 2.33. The maximum atomic E-state index is 13.1. The van der Waals surface area contributed by atoms with Crippen molar-refractivity contribution < 1.29 is 14.4 Å². The number of rotatable bonds is 7. The number of likely N-dealkylation sites (tertiary alicyclic amines) is 1. The molecular formula is C25H32N2O3S. The minimum Gasteiger partial charge on any atom is -0.384 e. The first-order valence-corrected chi connectivity index (χ1v) is 12.1. The molecule has 1 amide bonds. The Hall–Kier alpha value is -2.23. The van der Waals surface area contributed by atoms with Crippen LogP contribution in [-0.4, -0.2) is 45.5 Å². The van der Waals surface area contributed by atoms with Gasteiger partial charge in [-0.1, -0.05) is 42.1 Å². The molecule has 3 rings (SSSR count). The summed E-state index contributed by atoms with van der Waals surface area (Å²) in [6.07, 6.45) is 3.00. The molecule has 1 N–H and O–H groups in total. The number of aliphatic hydroxyl groups is 1. The van der Waals surface area contributed by atoms with Crippen molar-refractivity contribution in [1.29, 1.82) is 0 Å². The third kappa shape index (κ3) is 5.72. The average molecular weight is 441 g/mol. The van der Waals surface area contributed by atoms with Crippen LogP contribution in [0.2, 0.25) is 0 Å². The molecule has 0 aliphatic carbocycles. The summed E-state index contributed by atoms with van der Waals surface area (Å²) in [5.74, 6) is 8.37. The summed E-state index contributed by atoms with van der Waals surface area (Å²) in [5.41, 5.74) is 4.14. The Kier molecular flexibility index (Phi) is 8.22. The molecular weight excluding hydrogens is 408 g/mol. The number of carbonyl (C=O) groups excluding carboxylic acids is 1. The van der Waals surface area contributed by atoms with Gasteiger partial charge in [-0.05, 0) is 57.6 Å². The number of aryl methyl sites for hydroxylation is 2. The second-order valence-corrected chi connectivity index (χ2v) is 9.35. The molecule has 3 unspecified atom stereocenters. The number of aromatic nitrogens is 1. The third-order valence-electron chi connectivity index (χ3n) is 6.15. The van der Waals surface area contributed by atoms with E-state index in [4.69, 9.17) is 9.63 Å². The van der Waals surface area contributed by atoms with Gasteiger partial charge in [0, 0.05) is 29.0 Å². The Morgan fingerprint density at radius 3 is 2.84 bits per heavy atom. The molecule has 0 saturated carbocycles. The fraction of sp³-hybridized carbons (Fsp3) is 0.520. The van der Waals surface area contributed by atoms with Crippen molar-refractivity contribution in [3.05, 3.63) is 52.4 Å². The van der Waals surface area contributed by atoms with E-state index in [1.807, 2.05) is 32.0 Å². The van der Waals surface area contributed by atoms with Crippen molar-refractivity contribution in [1.82, 2.24) is 10.1 Å². The highest BCUT2D eigenvalue weighted by molar-refractivity contribution is 7.99. The van der Waals surface area contributed by atoms with Crippen molar-refractivity contribution in [2.45, 2.75) is 70.7 Å². The predicted molar refractivity (Wildman–Crippen MR) is 125 cm³/mol. The fourth-order valence-electron chi connectivity index (χ4n) is 4.49. The Morgan fingerprint density at radius 2 is 2.13 bits per heavy atom. The van der Waals surface area contributed by atoms with Crippen LogP contribution < -0.4 is 0 Å². The van der Waals surface area contributed by atoms with Crippen LogP contribution in [0.5, 0.6) is 0 Å². The van der Waals surface area contributed by atoms with Gasteiger partial charge in [0.05, 0.1) is 11.4 Å². The molecule has 2 aromatic rings. The number of nitrogens with zero attached hydrogens (tertiary/aromatic N) is 2. The van der Waals surface area contributed by atoms with Crippen molar-refractivity contribution in [3.63, 3.8) is 0 Å². The quantitative estimate of drug-likeness (QED) is 0.645. The monoisotopic (exact) mass is 440 g/mol. The molecule has 1 aliphatic heterocycles. The number of hydrogen-bond acceptors (Lipinski definition) is 5. The molecule has 1 saturated heterocycles. The summed E-state index contributed by atoms with van der Waals surface area (Å²) in [7, 11) is 0. The lowest BCUT2D eigenvalue weighted by Gasteiger charge is -2.30. The zero-order valence-corrected chi connectivity index (χ0v) is 19.7. The summed E-state index contributed by atoms with van der Waals surface area (Å²) in [5, 5.41) is 13.0. The first kappa shape index (κ1) is 23.4. The summed E-state index contributed by atoms with van der Waals surface area (Å²) in [4.78, 5) is 15.2. The third-order valence-corrected chi connectivity index (χ3v) is 7.09. The lowest BCUT2D eigenvalue weighted by molar-refractivity contribution is -0.131. The van der Waals surface area contributed by atoms with Gasteiger partial charge < -0.3 is 14.5 Å². The van der Waals surface area contributed by atoms with E-state index in [-0.39, 0.29) is 30.5 Å². The molecule has 0 spiro atoms. The molecule has 0 radical (unpaired) electrons. The highest BCUT2D eigenvalue weighted by Gasteiger charge is 2.35. The van der Waals surface area contributed by atoms with E-state index in [0.717, 1.165) is 47.6 Å². The number of hydrogen-bond donors (Lipinski definition) is 1. The van der Waals surface area contributed by atoms with Crippen LogP contribution in [0.4, 0.5) is 0 Å². The van der Waals surface area contributed by atoms with Crippen LogP contribution in [0.3, 0.4) is 0 Å². The molecule has 31 heavy (non-hydrogen) atoms. The molecule has 3 atom stereocenters. The van der Waals surface area contributed by atoms with Gasteiger partial charge in [0.15, 0.2) is 0 Å². The van der Waals surface area contributed by atoms with Crippen LogP contribution in [0.1, 0.15) is 67.2 Å². The van der Waals surface area contributed by atoms with Crippen molar-refractivity contribution in [2.75, 3.05) is 12.4 Å². The van der Waals surface area contributed by atoms with E-state index in [1.54, 1.807) is 11.8 Å². The topological polar surface area (TPSA) is 66.6 Å². The molecule has 6 heteroatoms. The van der Waals surface area contributed by atoms with Gasteiger partial charge in [0.1, 0.15) is 12.4 Å². The van der Waals surface area contributed by atoms with E-state index in [9.17, 15) is 4.79 Å². The SMILES string of the molecule is Cc1noc(C)c1CSCC(=O)N1C(C)CCC1CC(C)c1ccccc1C#CCO. The van der Waals surface area contributed by atoms with Gasteiger partial charge in [0.25, 0.3) is 0 Å². The molecule has 1 aliphatic rings. The average Bonchev–Trinajstić information content (AvgIpc) is 3.28. The summed E-state index contributed by atoms with van der Waals surface area (Å²) in [6, 6.07) is 8.63. The van der Waals surface area contributed by atoms with Gasteiger partial charge in [-0.15, -0.1) is 11.8 Å². The van der Waals surface area contributed by atoms with E-state index in [2.05, 4.69) is 41.8 Å². The molecule has 166 valence electrons. The predicted octanol–water partition coefficient (Wildman–Crippen LogP) is 4.44. The number of aliphatic hydroxyl groups excluding tert-OH is 1. The van der Waals surface area contributed by atoms with Crippen molar-refractivity contribution in [3.8, 4) is 11.8 Å². The second-order valence-electron chi connectivity index (χ2n) is 8.36. The first-order chi connectivity index (χ1) is 14.9. The normalized spacial score (nSPS) is 19.2. The zero-order chi connectivity index (χ0) is 22.4. The van der Waals surface area contributed by atoms with Crippen LogP contribution in [0.15, 0.2) is 28.8 Å². The molecule has 0 bridgehead atoms. The standard InChI is InChI=1S/C25H32N2O3S/c1-17(23-10-6-5-8-21(23)9-7-13-28)14-22-12-11-18(2)27(22)25(29)16-31-15-24-19(3)26-30-20(24)4/h5-6,8,10,17-18,22,28H,11-16H2,1-4H3. The summed E-state index contributed by atoms with van der Waals surface area (Å²) >= 11 is 1.63. The lowest BCUT2D eigenvalue weighted by Crippen LogP contribution is -2.41. The van der Waals surface area contributed by atoms with E-state index in [0.29, 0.717) is 5.75 Å². The number of amides is 1. The number of thioether (sulfide) groups is 1.